The molecule has 0 saturated heterocycles. The van der Waals surface area contributed by atoms with Crippen LogP contribution in [-0.4, -0.2) is 25.6 Å². The minimum Gasteiger partial charge on any atom is -0.497 e. The Labute approximate surface area is 102 Å². The quantitative estimate of drug-likeness (QED) is 0.783. The second-order valence-corrected chi connectivity index (χ2v) is 4.17. The number of hydrogen-bond acceptors (Lipinski definition) is 3. The zero-order valence-corrected chi connectivity index (χ0v) is 10.6. The van der Waals surface area contributed by atoms with E-state index >= 15 is 0 Å². The van der Waals surface area contributed by atoms with Gasteiger partial charge in [0.25, 0.3) is 0 Å². The van der Waals surface area contributed by atoms with Gasteiger partial charge in [0.2, 0.25) is 5.91 Å². The van der Waals surface area contributed by atoms with Gasteiger partial charge in [-0.1, -0.05) is 12.1 Å². The summed E-state index contributed by atoms with van der Waals surface area (Å²) >= 11 is 0. The first kappa shape index (κ1) is 13.5. The molecule has 1 aromatic carbocycles. The molecule has 0 aliphatic rings. The number of rotatable bonds is 6. The SMILES string of the molecule is COc1ccc(CNCC(=O)NC(C)C)cc1. The Hall–Kier alpha value is -1.55. The van der Waals surface area contributed by atoms with Crippen molar-refractivity contribution in [2.75, 3.05) is 13.7 Å². The summed E-state index contributed by atoms with van der Waals surface area (Å²) in [4.78, 5) is 11.4. The van der Waals surface area contributed by atoms with Gasteiger partial charge in [0, 0.05) is 12.6 Å². The topological polar surface area (TPSA) is 50.4 Å². The molecule has 0 spiro atoms. The molecule has 1 amide bonds. The Morgan fingerprint density at radius 1 is 1.29 bits per heavy atom. The standard InChI is InChI=1S/C13H20N2O2/c1-10(2)15-13(16)9-14-8-11-4-6-12(17-3)7-5-11/h4-7,10,14H,8-9H2,1-3H3,(H,15,16). The number of carbonyl (C=O) groups is 1. The highest BCUT2D eigenvalue weighted by Crippen LogP contribution is 2.10. The van der Waals surface area contributed by atoms with E-state index in [-0.39, 0.29) is 11.9 Å². The lowest BCUT2D eigenvalue weighted by Crippen LogP contribution is -2.37. The van der Waals surface area contributed by atoms with E-state index in [4.69, 9.17) is 4.74 Å². The molecule has 0 atom stereocenters. The number of benzene rings is 1. The molecule has 0 aliphatic carbocycles. The summed E-state index contributed by atoms with van der Waals surface area (Å²) in [5.74, 6) is 0.861. The molecule has 2 N–H and O–H groups in total. The Morgan fingerprint density at radius 3 is 2.47 bits per heavy atom. The molecule has 0 heterocycles. The average Bonchev–Trinajstić information content (AvgIpc) is 2.29. The molecule has 0 aliphatic heterocycles. The molecule has 0 saturated carbocycles. The second-order valence-electron chi connectivity index (χ2n) is 4.17. The monoisotopic (exact) mass is 236 g/mol. The van der Waals surface area contributed by atoms with Crippen LogP contribution in [0, 0.1) is 0 Å². The first-order valence-corrected chi connectivity index (χ1v) is 5.75. The van der Waals surface area contributed by atoms with E-state index in [0.717, 1.165) is 11.3 Å². The summed E-state index contributed by atoms with van der Waals surface area (Å²) in [6.07, 6.45) is 0. The smallest absolute Gasteiger partial charge is 0.234 e. The van der Waals surface area contributed by atoms with Gasteiger partial charge in [0.05, 0.1) is 13.7 Å². The molecule has 1 rings (SSSR count). The van der Waals surface area contributed by atoms with Crippen LogP contribution in [-0.2, 0) is 11.3 Å². The predicted octanol–water partition coefficient (Wildman–Crippen LogP) is 1.31. The van der Waals surface area contributed by atoms with Gasteiger partial charge in [0.1, 0.15) is 5.75 Å². The number of hydrogen-bond donors (Lipinski definition) is 2. The lowest BCUT2D eigenvalue weighted by atomic mass is 10.2. The van der Waals surface area contributed by atoms with Gasteiger partial charge in [-0.05, 0) is 31.5 Å². The lowest BCUT2D eigenvalue weighted by molar-refractivity contribution is -0.120. The maximum Gasteiger partial charge on any atom is 0.234 e. The molecule has 0 bridgehead atoms. The van der Waals surface area contributed by atoms with Crippen LogP contribution in [0.5, 0.6) is 5.75 Å². The van der Waals surface area contributed by atoms with Crippen LogP contribution in [0.4, 0.5) is 0 Å². The third kappa shape index (κ3) is 5.36. The molecule has 0 unspecified atom stereocenters. The summed E-state index contributed by atoms with van der Waals surface area (Å²) in [6, 6.07) is 7.96. The summed E-state index contributed by atoms with van der Waals surface area (Å²) in [5, 5.41) is 5.92. The Bertz CT molecular complexity index is 347. The highest BCUT2D eigenvalue weighted by Gasteiger charge is 2.02. The molecule has 0 aromatic heterocycles. The van der Waals surface area contributed by atoms with Crippen LogP contribution in [0.25, 0.3) is 0 Å². The largest absolute Gasteiger partial charge is 0.497 e. The molecule has 17 heavy (non-hydrogen) atoms. The fourth-order valence-electron chi connectivity index (χ4n) is 1.44. The molecule has 4 nitrogen and oxygen atoms in total. The minimum absolute atomic E-state index is 0.0218. The zero-order chi connectivity index (χ0) is 12.7. The molecular weight excluding hydrogens is 216 g/mol. The summed E-state index contributed by atoms with van der Waals surface area (Å²) in [6.45, 7) is 4.91. The van der Waals surface area contributed by atoms with Gasteiger partial charge in [-0.25, -0.2) is 0 Å². The van der Waals surface area contributed by atoms with Gasteiger partial charge in [-0.2, -0.15) is 0 Å². The minimum atomic E-state index is 0.0218. The third-order valence-corrected chi connectivity index (χ3v) is 2.22. The van der Waals surface area contributed by atoms with E-state index in [1.54, 1.807) is 7.11 Å². The Kier molecular flexibility index (Phi) is 5.49. The van der Waals surface area contributed by atoms with Crippen molar-refractivity contribution in [1.29, 1.82) is 0 Å². The highest BCUT2D eigenvalue weighted by molar-refractivity contribution is 5.78. The van der Waals surface area contributed by atoms with Crippen LogP contribution in [0.2, 0.25) is 0 Å². The first-order valence-electron chi connectivity index (χ1n) is 5.75. The fourth-order valence-corrected chi connectivity index (χ4v) is 1.44. The Balaban J connectivity index is 2.28. The van der Waals surface area contributed by atoms with E-state index in [2.05, 4.69) is 10.6 Å². The second kappa shape index (κ2) is 6.91. The lowest BCUT2D eigenvalue weighted by Gasteiger charge is -2.09. The number of nitrogens with one attached hydrogen (secondary N) is 2. The molecule has 0 radical (unpaired) electrons. The van der Waals surface area contributed by atoms with Gasteiger partial charge >= 0.3 is 0 Å². The summed E-state index contributed by atoms with van der Waals surface area (Å²) in [7, 11) is 1.64. The Morgan fingerprint density at radius 2 is 1.94 bits per heavy atom. The van der Waals surface area contributed by atoms with Crippen molar-refractivity contribution >= 4 is 5.91 Å². The van der Waals surface area contributed by atoms with Crippen molar-refractivity contribution in [3.63, 3.8) is 0 Å². The van der Waals surface area contributed by atoms with Crippen LogP contribution in [0.15, 0.2) is 24.3 Å². The molecular formula is C13H20N2O2. The maximum absolute atomic E-state index is 11.4. The third-order valence-electron chi connectivity index (χ3n) is 2.22. The van der Waals surface area contributed by atoms with E-state index in [1.165, 1.54) is 0 Å². The van der Waals surface area contributed by atoms with E-state index in [0.29, 0.717) is 13.1 Å². The van der Waals surface area contributed by atoms with Crippen molar-refractivity contribution in [2.45, 2.75) is 26.4 Å². The summed E-state index contributed by atoms with van der Waals surface area (Å²) < 4.78 is 5.07. The normalized spacial score (nSPS) is 10.4. The fraction of sp³-hybridized carbons (Fsp3) is 0.462. The number of ether oxygens (including phenoxy) is 1. The van der Waals surface area contributed by atoms with Gasteiger partial charge in [0.15, 0.2) is 0 Å². The van der Waals surface area contributed by atoms with Gasteiger partial charge in [-0.15, -0.1) is 0 Å². The highest BCUT2D eigenvalue weighted by atomic mass is 16.5. The zero-order valence-electron chi connectivity index (χ0n) is 10.6. The molecule has 94 valence electrons. The van der Waals surface area contributed by atoms with Crippen LogP contribution in [0.3, 0.4) is 0 Å². The van der Waals surface area contributed by atoms with Crippen molar-refractivity contribution in [3.05, 3.63) is 29.8 Å². The van der Waals surface area contributed by atoms with Crippen molar-refractivity contribution in [2.24, 2.45) is 0 Å². The number of carbonyl (C=O) groups excluding carboxylic acids is 1. The van der Waals surface area contributed by atoms with Gasteiger partial charge < -0.3 is 15.4 Å². The van der Waals surface area contributed by atoms with Gasteiger partial charge in [-0.3, -0.25) is 4.79 Å². The van der Waals surface area contributed by atoms with E-state index < -0.39 is 0 Å². The maximum atomic E-state index is 11.4. The predicted molar refractivity (Wildman–Crippen MR) is 68.0 cm³/mol. The summed E-state index contributed by atoms with van der Waals surface area (Å²) in [5.41, 5.74) is 1.13. The number of methoxy groups -OCH3 is 1. The van der Waals surface area contributed by atoms with Crippen LogP contribution >= 0.6 is 0 Å². The van der Waals surface area contributed by atoms with Crippen molar-refractivity contribution < 1.29 is 9.53 Å². The van der Waals surface area contributed by atoms with E-state index in [1.807, 2.05) is 38.1 Å². The first-order chi connectivity index (χ1) is 8.11. The van der Waals surface area contributed by atoms with Crippen molar-refractivity contribution in [1.82, 2.24) is 10.6 Å². The average molecular weight is 236 g/mol. The molecule has 4 heteroatoms. The van der Waals surface area contributed by atoms with Crippen molar-refractivity contribution in [3.8, 4) is 5.75 Å². The number of amides is 1. The molecule has 1 aromatic rings. The van der Waals surface area contributed by atoms with E-state index in [9.17, 15) is 4.79 Å². The van der Waals surface area contributed by atoms with Crippen LogP contribution in [0.1, 0.15) is 19.4 Å². The molecule has 0 fully saturated rings. The van der Waals surface area contributed by atoms with Crippen LogP contribution < -0.4 is 15.4 Å².